The first-order valence-corrected chi connectivity index (χ1v) is 6.50. The molecule has 0 atom stereocenters. The number of carbonyl (C=O) groups excluding carboxylic acids is 1. The van der Waals surface area contributed by atoms with Crippen LogP contribution in [0, 0.1) is 5.41 Å². The smallest absolute Gasteiger partial charge is 0.255 e. The zero-order valence-corrected chi connectivity index (χ0v) is 11.7. The van der Waals surface area contributed by atoms with Crippen LogP contribution in [0.2, 0.25) is 0 Å². The highest BCUT2D eigenvalue weighted by atomic mass is 79.9. The average Bonchev–Trinajstić information content (AvgIpc) is 2.78. The van der Waals surface area contributed by atoms with Gasteiger partial charge in [-0.15, -0.1) is 0 Å². The summed E-state index contributed by atoms with van der Waals surface area (Å²) in [6.07, 6.45) is 3.11. The van der Waals surface area contributed by atoms with E-state index in [4.69, 9.17) is 4.42 Å². The maximum atomic E-state index is 11.8. The van der Waals surface area contributed by atoms with Gasteiger partial charge < -0.3 is 14.8 Å². The van der Waals surface area contributed by atoms with Gasteiger partial charge >= 0.3 is 0 Å². The van der Waals surface area contributed by atoms with Crippen molar-refractivity contribution in [3.05, 3.63) is 22.6 Å². The van der Waals surface area contributed by atoms with Crippen molar-refractivity contribution in [1.82, 2.24) is 5.32 Å². The van der Waals surface area contributed by atoms with Gasteiger partial charge in [0.25, 0.3) is 5.91 Å². The van der Waals surface area contributed by atoms with Gasteiger partial charge in [-0.3, -0.25) is 4.79 Å². The van der Waals surface area contributed by atoms with Gasteiger partial charge in [0, 0.05) is 12.0 Å². The molecule has 0 aliphatic carbocycles. The number of hydrogen-bond acceptors (Lipinski definition) is 3. The number of aliphatic hydroxyl groups is 1. The summed E-state index contributed by atoms with van der Waals surface area (Å²) < 4.78 is 5.43. The summed E-state index contributed by atoms with van der Waals surface area (Å²) in [7, 11) is 0. The molecule has 1 rings (SSSR count). The van der Waals surface area contributed by atoms with Crippen LogP contribution in [0.5, 0.6) is 0 Å². The second-order valence-corrected chi connectivity index (χ2v) is 4.88. The molecule has 0 aromatic carbocycles. The van der Waals surface area contributed by atoms with Gasteiger partial charge in [-0.05, 0) is 34.8 Å². The van der Waals surface area contributed by atoms with Crippen molar-refractivity contribution in [2.45, 2.75) is 26.7 Å². The second kappa shape index (κ2) is 6.21. The van der Waals surface area contributed by atoms with E-state index in [1.807, 2.05) is 13.8 Å². The van der Waals surface area contributed by atoms with Crippen LogP contribution in [-0.2, 0) is 0 Å². The lowest BCUT2D eigenvalue weighted by Crippen LogP contribution is -2.39. The van der Waals surface area contributed by atoms with Crippen LogP contribution in [0.25, 0.3) is 0 Å². The molecule has 0 saturated carbocycles. The fourth-order valence-electron chi connectivity index (χ4n) is 1.60. The van der Waals surface area contributed by atoms with Crippen molar-refractivity contribution in [3.8, 4) is 0 Å². The molecule has 17 heavy (non-hydrogen) atoms. The highest BCUT2D eigenvalue weighted by molar-refractivity contribution is 9.10. The molecule has 0 spiro atoms. The molecule has 2 N–H and O–H groups in total. The van der Waals surface area contributed by atoms with Gasteiger partial charge in [0.1, 0.15) is 0 Å². The van der Waals surface area contributed by atoms with Gasteiger partial charge in [0.05, 0.1) is 18.4 Å². The molecule has 0 aliphatic heterocycles. The van der Waals surface area contributed by atoms with Crippen molar-refractivity contribution in [2.24, 2.45) is 5.41 Å². The van der Waals surface area contributed by atoms with E-state index in [1.165, 1.54) is 6.26 Å². The fraction of sp³-hybridized carbons (Fsp3) is 0.583. The maximum Gasteiger partial charge on any atom is 0.255 e. The quantitative estimate of drug-likeness (QED) is 0.849. The van der Waals surface area contributed by atoms with Gasteiger partial charge in [-0.25, -0.2) is 0 Å². The standard InChI is InChI=1S/C12H18BrNO3/c1-3-12(4-2,8-15)7-14-11(16)9-5-6-17-10(9)13/h5-6,15H,3-4,7-8H2,1-2H3,(H,14,16). The fourth-order valence-corrected chi connectivity index (χ4v) is 2.02. The topological polar surface area (TPSA) is 62.5 Å². The van der Waals surface area contributed by atoms with Crippen LogP contribution in [0.1, 0.15) is 37.0 Å². The summed E-state index contributed by atoms with van der Waals surface area (Å²) in [5.74, 6) is -0.189. The lowest BCUT2D eigenvalue weighted by atomic mass is 9.83. The van der Waals surface area contributed by atoms with E-state index in [1.54, 1.807) is 6.07 Å². The third-order valence-corrected chi connectivity index (χ3v) is 3.94. The molecule has 0 radical (unpaired) electrons. The third kappa shape index (κ3) is 3.33. The Morgan fingerprint density at radius 2 is 2.18 bits per heavy atom. The Labute approximate surface area is 110 Å². The van der Waals surface area contributed by atoms with Gasteiger partial charge in [-0.2, -0.15) is 0 Å². The first kappa shape index (κ1) is 14.3. The Morgan fingerprint density at radius 3 is 2.59 bits per heavy atom. The normalized spacial score (nSPS) is 11.5. The van der Waals surface area contributed by atoms with E-state index in [-0.39, 0.29) is 17.9 Å². The molecule has 96 valence electrons. The van der Waals surface area contributed by atoms with Crippen molar-refractivity contribution in [3.63, 3.8) is 0 Å². The highest BCUT2D eigenvalue weighted by Gasteiger charge is 2.26. The van der Waals surface area contributed by atoms with E-state index < -0.39 is 0 Å². The first-order valence-electron chi connectivity index (χ1n) is 5.70. The number of aliphatic hydroxyl groups excluding tert-OH is 1. The number of amides is 1. The van der Waals surface area contributed by atoms with Crippen molar-refractivity contribution >= 4 is 21.8 Å². The van der Waals surface area contributed by atoms with Crippen LogP contribution in [0.15, 0.2) is 21.4 Å². The minimum atomic E-state index is -0.230. The number of carbonyl (C=O) groups is 1. The predicted octanol–water partition coefficient (Wildman–Crippen LogP) is 2.57. The van der Waals surface area contributed by atoms with Crippen LogP contribution in [-0.4, -0.2) is 24.2 Å². The number of rotatable bonds is 6. The van der Waals surface area contributed by atoms with E-state index in [0.717, 1.165) is 12.8 Å². The molecule has 1 aromatic rings. The summed E-state index contributed by atoms with van der Waals surface area (Å²) in [4.78, 5) is 11.8. The molecule has 0 bridgehead atoms. The second-order valence-electron chi connectivity index (χ2n) is 4.16. The third-order valence-electron chi connectivity index (χ3n) is 3.32. The maximum absolute atomic E-state index is 11.8. The highest BCUT2D eigenvalue weighted by Crippen LogP contribution is 2.25. The van der Waals surface area contributed by atoms with Crippen molar-refractivity contribution < 1.29 is 14.3 Å². The number of halogens is 1. The molecule has 1 aromatic heterocycles. The molecule has 5 heteroatoms. The minimum Gasteiger partial charge on any atom is -0.457 e. The number of hydrogen-bond donors (Lipinski definition) is 2. The van der Waals surface area contributed by atoms with Gasteiger partial charge in [0.2, 0.25) is 0 Å². The van der Waals surface area contributed by atoms with Crippen LogP contribution >= 0.6 is 15.9 Å². The Morgan fingerprint density at radius 1 is 1.53 bits per heavy atom. The van der Waals surface area contributed by atoms with Crippen LogP contribution in [0.3, 0.4) is 0 Å². The lowest BCUT2D eigenvalue weighted by Gasteiger charge is -2.29. The molecule has 0 fully saturated rings. The molecule has 1 amide bonds. The molecule has 0 unspecified atom stereocenters. The van der Waals surface area contributed by atoms with E-state index in [9.17, 15) is 9.90 Å². The number of furan rings is 1. The molecule has 1 heterocycles. The van der Waals surface area contributed by atoms with E-state index in [0.29, 0.717) is 16.8 Å². The summed E-state index contributed by atoms with van der Waals surface area (Å²) in [6.45, 7) is 4.57. The Bertz CT molecular complexity index is 363. The summed E-state index contributed by atoms with van der Waals surface area (Å²) in [5, 5.41) is 12.2. The zero-order chi connectivity index (χ0) is 12.9. The molecule has 0 aliphatic rings. The van der Waals surface area contributed by atoms with E-state index >= 15 is 0 Å². The first-order chi connectivity index (χ1) is 8.08. The number of nitrogens with one attached hydrogen (secondary N) is 1. The van der Waals surface area contributed by atoms with E-state index in [2.05, 4.69) is 21.2 Å². The van der Waals surface area contributed by atoms with Gasteiger partial charge in [-0.1, -0.05) is 13.8 Å². The predicted molar refractivity (Wildman–Crippen MR) is 68.8 cm³/mol. The molecular formula is C12H18BrNO3. The summed E-state index contributed by atoms with van der Waals surface area (Å²) in [5.41, 5.74) is 0.246. The Balaban J connectivity index is 2.62. The monoisotopic (exact) mass is 303 g/mol. The Hall–Kier alpha value is -0.810. The molecule has 4 nitrogen and oxygen atoms in total. The largest absolute Gasteiger partial charge is 0.457 e. The van der Waals surface area contributed by atoms with Crippen molar-refractivity contribution in [1.29, 1.82) is 0 Å². The van der Waals surface area contributed by atoms with Crippen LogP contribution in [0.4, 0.5) is 0 Å². The SMILES string of the molecule is CCC(CC)(CO)CNC(=O)c1ccoc1Br. The molecule has 0 saturated heterocycles. The zero-order valence-electron chi connectivity index (χ0n) is 10.1. The average molecular weight is 304 g/mol. The lowest BCUT2D eigenvalue weighted by molar-refractivity contribution is 0.0849. The minimum absolute atomic E-state index is 0.0762. The van der Waals surface area contributed by atoms with Crippen LogP contribution < -0.4 is 5.32 Å². The van der Waals surface area contributed by atoms with Gasteiger partial charge in [0.15, 0.2) is 4.67 Å². The Kier molecular flexibility index (Phi) is 5.21. The summed E-state index contributed by atoms with van der Waals surface area (Å²) in [6, 6.07) is 1.61. The van der Waals surface area contributed by atoms with Crippen molar-refractivity contribution in [2.75, 3.05) is 13.2 Å². The molecular weight excluding hydrogens is 286 g/mol. The summed E-state index contributed by atoms with van der Waals surface area (Å²) >= 11 is 3.16.